The number of alkyl halides is 2. The Morgan fingerprint density at radius 1 is 1.50 bits per heavy atom. The summed E-state index contributed by atoms with van der Waals surface area (Å²) in [5, 5.41) is 0. The van der Waals surface area contributed by atoms with Crippen LogP contribution >= 0.6 is 15.9 Å². The molecule has 0 aliphatic rings. The van der Waals surface area contributed by atoms with E-state index in [0.717, 1.165) is 0 Å². The highest BCUT2D eigenvalue weighted by Gasteiger charge is 2.13. The number of carbonyl (C=O) groups is 1. The average Bonchev–Trinajstić information content (AvgIpc) is 2.15. The standard InChI is InChI=1S/C9H8BrF2NO/c10-7-3-5(8(14)4-13)1-2-6(7)9(11)12/h1-3,9H,4,13H2. The number of hydrogen-bond donors (Lipinski definition) is 1. The highest BCUT2D eigenvalue weighted by atomic mass is 79.9. The molecule has 0 saturated heterocycles. The van der Waals surface area contributed by atoms with E-state index in [1.165, 1.54) is 18.2 Å². The van der Waals surface area contributed by atoms with E-state index in [2.05, 4.69) is 15.9 Å². The topological polar surface area (TPSA) is 43.1 Å². The van der Waals surface area contributed by atoms with Crippen LogP contribution in [0.25, 0.3) is 0 Å². The van der Waals surface area contributed by atoms with Crippen molar-refractivity contribution in [1.82, 2.24) is 0 Å². The lowest BCUT2D eigenvalue weighted by Crippen LogP contribution is -2.13. The van der Waals surface area contributed by atoms with Gasteiger partial charge in [0, 0.05) is 15.6 Å². The zero-order chi connectivity index (χ0) is 10.7. The Labute approximate surface area is 88.2 Å². The summed E-state index contributed by atoms with van der Waals surface area (Å²) in [6.45, 7) is -0.125. The number of Topliss-reactive ketones (excluding diaryl/α,β-unsaturated/α-hetero) is 1. The monoisotopic (exact) mass is 263 g/mol. The van der Waals surface area contributed by atoms with Crippen LogP contribution < -0.4 is 5.73 Å². The maximum Gasteiger partial charge on any atom is 0.264 e. The molecule has 0 aliphatic carbocycles. The van der Waals surface area contributed by atoms with Crippen molar-refractivity contribution in [3.63, 3.8) is 0 Å². The minimum absolute atomic E-state index is 0.125. The van der Waals surface area contributed by atoms with E-state index in [4.69, 9.17) is 5.73 Å². The summed E-state index contributed by atoms with van der Waals surface area (Å²) >= 11 is 2.97. The highest BCUT2D eigenvalue weighted by molar-refractivity contribution is 9.10. The predicted octanol–water partition coefficient (Wildman–Crippen LogP) is 2.53. The fourth-order valence-electron chi connectivity index (χ4n) is 0.995. The Kier molecular flexibility index (Phi) is 3.71. The van der Waals surface area contributed by atoms with Crippen LogP contribution in [0.5, 0.6) is 0 Å². The van der Waals surface area contributed by atoms with Gasteiger partial charge >= 0.3 is 0 Å². The molecule has 0 radical (unpaired) electrons. The minimum atomic E-state index is -2.55. The normalized spacial score (nSPS) is 10.6. The molecule has 0 aromatic heterocycles. The van der Waals surface area contributed by atoms with Crippen LogP contribution in [0.4, 0.5) is 8.78 Å². The first kappa shape index (κ1) is 11.3. The molecular formula is C9H8BrF2NO. The first-order valence-electron chi connectivity index (χ1n) is 3.87. The highest BCUT2D eigenvalue weighted by Crippen LogP contribution is 2.27. The van der Waals surface area contributed by atoms with Gasteiger partial charge < -0.3 is 5.73 Å². The second kappa shape index (κ2) is 4.61. The van der Waals surface area contributed by atoms with Gasteiger partial charge in [-0.05, 0) is 6.07 Å². The summed E-state index contributed by atoms with van der Waals surface area (Å²) < 4.78 is 24.8. The molecule has 0 amide bonds. The fraction of sp³-hybridized carbons (Fsp3) is 0.222. The number of halogens is 3. The van der Waals surface area contributed by atoms with Crippen molar-refractivity contribution in [2.24, 2.45) is 5.73 Å². The van der Waals surface area contributed by atoms with E-state index in [1.807, 2.05) is 0 Å². The number of carbonyl (C=O) groups excluding carboxylic acids is 1. The first-order valence-corrected chi connectivity index (χ1v) is 4.66. The van der Waals surface area contributed by atoms with Crippen molar-refractivity contribution < 1.29 is 13.6 Å². The summed E-state index contributed by atoms with van der Waals surface area (Å²) in [5.74, 6) is -0.272. The van der Waals surface area contributed by atoms with Gasteiger partial charge in [0.25, 0.3) is 6.43 Å². The third-order valence-electron chi connectivity index (χ3n) is 1.74. The van der Waals surface area contributed by atoms with E-state index in [-0.39, 0.29) is 22.4 Å². The molecule has 2 N–H and O–H groups in total. The number of ketones is 1. The zero-order valence-electron chi connectivity index (χ0n) is 7.14. The molecular weight excluding hydrogens is 256 g/mol. The van der Waals surface area contributed by atoms with Crippen molar-refractivity contribution >= 4 is 21.7 Å². The lowest BCUT2D eigenvalue weighted by Gasteiger charge is -2.04. The number of nitrogens with two attached hydrogens (primary N) is 1. The molecule has 0 unspecified atom stereocenters. The SMILES string of the molecule is NCC(=O)c1ccc(C(F)F)c(Br)c1. The van der Waals surface area contributed by atoms with Crippen molar-refractivity contribution in [3.8, 4) is 0 Å². The minimum Gasteiger partial charge on any atom is -0.324 e. The Bertz CT molecular complexity index is 355. The first-order chi connectivity index (χ1) is 6.56. The van der Waals surface area contributed by atoms with Gasteiger partial charge in [-0.25, -0.2) is 8.78 Å². The predicted molar refractivity (Wildman–Crippen MR) is 52.5 cm³/mol. The second-order valence-corrected chi connectivity index (χ2v) is 3.52. The molecule has 0 spiro atoms. The van der Waals surface area contributed by atoms with Crippen molar-refractivity contribution in [2.75, 3.05) is 6.54 Å². The molecule has 0 heterocycles. The molecule has 1 aromatic carbocycles. The third-order valence-corrected chi connectivity index (χ3v) is 2.43. The van der Waals surface area contributed by atoms with Crippen molar-refractivity contribution in [1.29, 1.82) is 0 Å². The Hall–Kier alpha value is -0.810. The Morgan fingerprint density at radius 2 is 2.14 bits per heavy atom. The van der Waals surface area contributed by atoms with E-state index < -0.39 is 6.43 Å². The second-order valence-electron chi connectivity index (χ2n) is 2.66. The van der Waals surface area contributed by atoms with Gasteiger partial charge in [0.2, 0.25) is 0 Å². The average molecular weight is 264 g/mol. The van der Waals surface area contributed by atoms with Crippen LogP contribution in [-0.4, -0.2) is 12.3 Å². The van der Waals surface area contributed by atoms with Crippen LogP contribution in [0.2, 0.25) is 0 Å². The van der Waals surface area contributed by atoms with E-state index in [9.17, 15) is 13.6 Å². The third kappa shape index (κ3) is 2.36. The van der Waals surface area contributed by atoms with Crippen LogP contribution in [0.15, 0.2) is 22.7 Å². The van der Waals surface area contributed by atoms with Crippen molar-refractivity contribution in [3.05, 3.63) is 33.8 Å². The zero-order valence-corrected chi connectivity index (χ0v) is 8.72. The molecule has 0 bridgehead atoms. The molecule has 0 saturated carbocycles. The maximum atomic E-state index is 12.3. The van der Waals surface area contributed by atoms with Crippen LogP contribution in [0.3, 0.4) is 0 Å². The molecule has 1 rings (SSSR count). The van der Waals surface area contributed by atoms with E-state index >= 15 is 0 Å². The molecule has 14 heavy (non-hydrogen) atoms. The molecule has 1 aromatic rings. The lowest BCUT2D eigenvalue weighted by molar-refractivity contribution is 0.100. The van der Waals surface area contributed by atoms with E-state index in [1.54, 1.807) is 0 Å². The Morgan fingerprint density at radius 3 is 2.57 bits per heavy atom. The Balaban J connectivity index is 3.06. The summed E-state index contributed by atoms with van der Waals surface area (Å²) in [6.07, 6.45) is -2.55. The smallest absolute Gasteiger partial charge is 0.264 e. The van der Waals surface area contributed by atoms with Crippen LogP contribution in [-0.2, 0) is 0 Å². The largest absolute Gasteiger partial charge is 0.324 e. The summed E-state index contributed by atoms with van der Waals surface area (Å²) in [6, 6.07) is 3.93. The van der Waals surface area contributed by atoms with Crippen LogP contribution in [0, 0.1) is 0 Å². The molecule has 76 valence electrons. The lowest BCUT2D eigenvalue weighted by atomic mass is 10.1. The number of rotatable bonds is 3. The molecule has 0 fully saturated rings. The summed E-state index contributed by atoms with van der Waals surface area (Å²) in [5.41, 5.74) is 5.35. The van der Waals surface area contributed by atoms with E-state index in [0.29, 0.717) is 5.56 Å². The maximum absolute atomic E-state index is 12.3. The number of benzene rings is 1. The van der Waals surface area contributed by atoms with Gasteiger partial charge in [-0.3, -0.25) is 4.79 Å². The number of hydrogen-bond acceptors (Lipinski definition) is 2. The van der Waals surface area contributed by atoms with Crippen molar-refractivity contribution in [2.45, 2.75) is 6.43 Å². The van der Waals surface area contributed by atoms with Gasteiger partial charge in [0.1, 0.15) is 0 Å². The summed E-state index contributed by atoms with van der Waals surface area (Å²) in [7, 11) is 0. The van der Waals surface area contributed by atoms with Gasteiger partial charge in [-0.1, -0.05) is 28.1 Å². The van der Waals surface area contributed by atoms with Gasteiger partial charge in [0.05, 0.1) is 6.54 Å². The fourth-order valence-corrected chi connectivity index (χ4v) is 1.55. The summed E-state index contributed by atoms with van der Waals surface area (Å²) in [4.78, 5) is 11.1. The van der Waals surface area contributed by atoms with Gasteiger partial charge in [-0.2, -0.15) is 0 Å². The molecule has 0 atom stereocenters. The molecule has 0 aliphatic heterocycles. The van der Waals surface area contributed by atoms with Crippen LogP contribution in [0.1, 0.15) is 22.3 Å². The van der Waals surface area contributed by atoms with Gasteiger partial charge in [0.15, 0.2) is 5.78 Å². The molecule has 2 nitrogen and oxygen atoms in total. The molecule has 5 heteroatoms. The van der Waals surface area contributed by atoms with Gasteiger partial charge in [-0.15, -0.1) is 0 Å². The quantitative estimate of drug-likeness (QED) is 0.852.